The fourth-order valence-electron chi connectivity index (χ4n) is 5.31. The molecule has 0 spiro atoms. The van der Waals surface area contributed by atoms with Crippen LogP contribution in [0.2, 0.25) is 0 Å². The average Bonchev–Trinajstić information content (AvgIpc) is 3.13. The van der Waals surface area contributed by atoms with Crippen molar-refractivity contribution in [1.82, 2.24) is 10.2 Å². The van der Waals surface area contributed by atoms with E-state index in [1.807, 2.05) is 51.1 Å². The van der Waals surface area contributed by atoms with Gasteiger partial charge < -0.3 is 24.4 Å². The van der Waals surface area contributed by atoms with Crippen molar-refractivity contribution >= 4 is 27.5 Å². The molecule has 2 atom stereocenters. The van der Waals surface area contributed by atoms with E-state index in [0.29, 0.717) is 24.5 Å². The van der Waals surface area contributed by atoms with E-state index in [-0.39, 0.29) is 40.9 Å². The highest BCUT2D eigenvalue weighted by Crippen LogP contribution is 2.33. The lowest BCUT2D eigenvalue weighted by Gasteiger charge is -2.34. The van der Waals surface area contributed by atoms with E-state index in [1.165, 1.54) is 67.7 Å². The molecule has 0 aliphatic rings. The minimum Gasteiger partial charge on any atom is -0.494 e. The zero-order valence-electron chi connectivity index (χ0n) is 29.0. The molecular weight excluding hydrogens is 661 g/mol. The standard InChI is InChI=1S/C38H44FN3O7S/c1-6-27(3)40-38(44)34(23-28-13-9-8-10-14-28)41(25-29-15-11-12-16-33(29)39)37(43)26-42(30-17-19-31(20-18-30)49-7-2)50(45,46)32-21-22-35(47-4)36(24-32)48-5/h8-22,24,27,34H,6-7,23,25-26H2,1-5H3,(H,40,44). The summed E-state index contributed by atoms with van der Waals surface area (Å²) in [6, 6.07) is 24.2. The molecule has 266 valence electrons. The summed E-state index contributed by atoms with van der Waals surface area (Å²) in [7, 11) is -1.62. The lowest BCUT2D eigenvalue weighted by molar-refractivity contribution is -0.140. The molecule has 2 unspecified atom stereocenters. The van der Waals surface area contributed by atoms with Crippen molar-refractivity contribution in [3.63, 3.8) is 0 Å². The van der Waals surface area contributed by atoms with E-state index in [9.17, 15) is 18.0 Å². The lowest BCUT2D eigenvalue weighted by atomic mass is 10.0. The summed E-state index contributed by atoms with van der Waals surface area (Å²) >= 11 is 0. The van der Waals surface area contributed by atoms with E-state index < -0.39 is 40.2 Å². The van der Waals surface area contributed by atoms with Crippen LogP contribution >= 0.6 is 0 Å². The number of hydrogen-bond donors (Lipinski definition) is 1. The van der Waals surface area contributed by atoms with E-state index >= 15 is 4.39 Å². The molecule has 10 nitrogen and oxygen atoms in total. The summed E-state index contributed by atoms with van der Waals surface area (Å²) in [6.45, 7) is 5.01. The third-order valence-corrected chi connectivity index (χ3v) is 10.00. The number of amides is 2. The Hall–Kier alpha value is -5.10. The molecule has 0 aliphatic carbocycles. The number of methoxy groups -OCH3 is 2. The maximum Gasteiger partial charge on any atom is 0.264 e. The van der Waals surface area contributed by atoms with Crippen LogP contribution in [0.15, 0.2) is 102 Å². The molecule has 0 aromatic heterocycles. The van der Waals surface area contributed by atoms with Gasteiger partial charge in [-0.3, -0.25) is 13.9 Å². The quantitative estimate of drug-likeness (QED) is 0.144. The number of hydrogen-bond acceptors (Lipinski definition) is 7. The topological polar surface area (TPSA) is 114 Å². The highest BCUT2D eigenvalue weighted by molar-refractivity contribution is 7.92. The van der Waals surface area contributed by atoms with Crippen molar-refractivity contribution in [1.29, 1.82) is 0 Å². The highest BCUT2D eigenvalue weighted by Gasteiger charge is 2.35. The van der Waals surface area contributed by atoms with Crippen molar-refractivity contribution in [2.75, 3.05) is 31.7 Å². The van der Waals surface area contributed by atoms with Gasteiger partial charge in [0.1, 0.15) is 24.2 Å². The molecular formula is C38H44FN3O7S. The predicted molar refractivity (Wildman–Crippen MR) is 190 cm³/mol. The molecule has 4 rings (SSSR count). The van der Waals surface area contributed by atoms with Crippen LogP contribution < -0.4 is 23.8 Å². The van der Waals surface area contributed by atoms with Crippen molar-refractivity contribution in [2.45, 2.75) is 57.1 Å². The Morgan fingerprint density at radius 3 is 2.14 bits per heavy atom. The van der Waals surface area contributed by atoms with Gasteiger partial charge in [-0.1, -0.05) is 55.5 Å². The Morgan fingerprint density at radius 2 is 1.52 bits per heavy atom. The summed E-state index contributed by atoms with van der Waals surface area (Å²) in [5.41, 5.74) is 1.11. The zero-order chi connectivity index (χ0) is 36.3. The number of sulfonamides is 1. The zero-order valence-corrected chi connectivity index (χ0v) is 29.8. The van der Waals surface area contributed by atoms with Crippen LogP contribution in [0.25, 0.3) is 0 Å². The Labute approximate surface area is 293 Å². The number of benzene rings is 4. The molecule has 0 radical (unpaired) electrons. The Morgan fingerprint density at radius 1 is 0.860 bits per heavy atom. The number of nitrogens with one attached hydrogen (secondary N) is 1. The van der Waals surface area contributed by atoms with Crippen LogP contribution in [0.3, 0.4) is 0 Å². The number of ether oxygens (including phenoxy) is 3. The number of rotatable bonds is 17. The van der Waals surface area contributed by atoms with Crippen molar-refractivity contribution < 1.29 is 36.6 Å². The molecule has 4 aromatic carbocycles. The SMILES string of the molecule is CCOc1ccc(N(CC(=O)N(Cc2ccccc2F)C(Cc2ccccc2)C(=O)NC(C)CC)S(=O)(=O)c2ccc(OC)c(OC)c2)cc1. The smallest absolute Gasteiger partial charge is 0.264 e. The average molecular weight is 706 g/mol. The van der Waals surface area contributed by atoms with Gasteiger partial charge in [0.2, 0.25) is 11.8 Å². The molecule has 0 heterocycles. The molecule has 0 saturated heterocycles. The second kappa shape index (κ2) is 17.5. The first-order valence-corrected chi connectivity index (χ1v) is 17.8. The third-order valence-electron chi connectivity index (χ3n) is 8.23. The van der Waals surface area contributed by atoms with Crippen LogP contribution in [0.5, 0.6) is 17.2 Å². The van der Waals surface area contributed by atoms with Gasteiger partial charge in [0.15, 0.2) is 11.5 Å². The minimum absolute atomic E-state index is 0.106. The van der Waals surface area contributed by atoms with Gasteiger partial charge in [0.25, 0.3) is 10.0 Å². The normalized spacial score (nSPS) is 12.4. The van der Waals surface area contributed by atoms with Crippen LogP contribution in [-0.4, -0.2) is 64.6 Å². The Kier molecular flexibility index (Phi) is 13.2. The molecule has 1 N–H and O–H groups in total. The molecule has 0 saturated carbocycles. The fourth-order valence-corrected chi connectivity index (χ4v) is 6.74. The van der Waals surface area contributed by atoms with Gasteiger partial charge in [0.05, 0.1) is 31.4 Å². The van der Waals surface area contributed by atoms with Gasteiger partial charge in [0, 0.05) is 30.6 Å². The maximum atomic E-state index is 15.2. The molecule has 2 amide bonds. The first-order valence-electron chi connectivity index (χ1n) is 16.4. The minimum atomic E-state index is -4.44. The second-order valence-corrected chi connectivity index (χ2v) is 13.5. The van der Waals surface area contributed by atoms with Crippen LogP contribution in [0.1, 0.15) is 38.3 Å². The van der Waals surface area contributed by atoms with E-state index in [4.69, 9.17) is 14.2 Å². The molecule has 0 bridgehead atoms. The van der Waals surface area contributed by atoms with E-state index in [2.05, 4.69) is 5.32 Å². The van der Waals surface area contributed by atoms with Crippen molar-refractivity contribution in [3.8, 4) is 17.2 Å². The van der Waals surface area contributed by atoms with Crippen molar-refractivity contribution in [2.24, 2.45) is 0 Å². The number of halogens is 1. The number of carbonyl (C=O) groups excluding carboxylic acids is 2. The molecule has 0 fully saturated rings. The summed E-state index contributed by atoms with van der Waals surface area (Å²) in [5.74, 6) is -0.710. The molecule has 12 heteroatoms. The van der Waals surface area contributed by atoms with Gasteiger partial charge in [-0.2, -0.15) is 0 Å². The van der Waals surface area contributed by atoms with Gasteiger partial charge >= 0.3 is 0 Å². The monoisotopic (exact) mass is 705 g/mol. The first-order chi connectivity index (χ1) is 24.0. The van der Waals surface area contributed by atoms with Crippen molar-refractivity contribution in [3.05, 3.63) is 114 Å². The largest absolute Gasteiger partial charge is 0.494 e. The van der Waals surface area contributed by atoms with E-state index in [0.717, 1.165) is 9.87 Å². The fraction of sp³-hybridized carbons (Fsp3) is 0.316. The van der Waals surface area contributed by atoms with Crippen LogP contribution in [0.4, 0.5) is 10.1 Å². The second-order valence-electron chi connectivity index (χ2n) is 11.6. The van der Waals surface area contributed by atoms with Gasteiger partial charge in [-0.25, -0.2) is 12.8 Å². The summed E-state index contributed by atoms with van der Waals surface area (Å²) in [6.07, 6.45) is 0.745. The Bertz CT molecular complexity index is 1840. The number of anilines is 1. The predicted octanol–water partition coefficient (Wildman–Crippen LogP) is 5.99. The highest BCUT2D eigenvalue weighted by atomic mass is 32.2. The third kappa shape index (κ3) is 9.32. The number of nitrogens with zero attached hydrogens (tertiary/aromatic N) is 2. The summed E-state index contributed by atoms with van der Waals surface area (Å²) in [4.78, 5) is 29.7. The molecule has 0 aliphatic heterocycles. The first kappa shape index (κ1) is 37.7. The summed E-state index contributed by atoms with van der Waals surface area (Å²) in [5, 5.41) is 2.97. The van der Waals surface area contributed by atoms with Gasteiger partial charge in [-0.05, 0) is 68.3 Å². The van der Waals surface area contributed by atoms with E-state index in [1.54, 1.807) is 18.2 Å². The van der Waals surface area contributed by atoms with Crippen LogP contribution in [0, 0.1) is 5.82 Å². The number of carbonyl (C=O) groups is 2. The Balaban J connectivity index is 1.85. The van der Waals surface area contributed by atoms with Gasteiger partial charge in [-0.15, -0.1) is 0 Å². The lowest BCUT2D eigenvalue weighted by Crippen LogP contribution is -2.54. The maximum absolute atomic E-state index is 15.2. The van der Waals surface area contributed by atoms with Crippen LogP contribution in [-0.2, 0) is 32.6 Å². The summed E-state index contributed by atoms with van der Waals surface area (Å²) < 4.78 is 61.3. The molecule has 50 heavy (non-hydrogen) atoms. The molecule has 4 aromatic rings.